The van der Waals surface area contributed by atoms with Gasteiger partial charge >= 0.3 is 11.9 Å². The molecule has 2 aliphatic heterocycles. The number of fused-ring (bicyclic) bond motifs is 1. The smallest absolute Gasteiger partial charge is 0.355 e. The summed E-state index contributed by atoms with van der Waals surface area (Å²) in [6, 6.07) is 31.9. The minimum Gasteiger partial charge on any atom is -0.497 e. The number of amides is 2. The third-order valence-electron chi connectivity index (χ3n) is 7.88. The van der Waals surface area contributed by atoms with E-state index in [2.05, 4.69) is 5.32 Å². The van der Waals surface area contributed by atoms with Crippen LogP contribution >= 0.6 is 11.8 Å². The number of nitrogens with one attached hydrogen (secondary N) is 1. The minimum absolute atomic E-state index is 0.0168. The number of β-lactam (4-membered cyclic amide) rings is 1. The van der Waals surface area contributed by atoms with Crippen LogP contribution in [-0.2, 0) is 36.9 Å². The van der Waals surface area contributed by atoms with Gasteiger partial charge in [0.2, 0.25) is 5.91 Å². The van der Waals surface area contributed by atoms with Gasteiger partial charge in [0, 0.05) is 5.75 Å². The van der Waals surface area contributed by atoms with E-state index in [0.29, 0.717) is 22.6 Å². The number of carbonyl (C=O) groups is 4. The molecule has 2 unspecified atom stereocenters. The highest BCUT2D eigenvalue weighted by Crippen LogP contribution is 2.39. The highest BCUT2D eigenvalue weighted by Gasteiger charge is 2.53. The normalized spacial score (nSPS) is 16.8. The van der Waals surface area contributed by atoms with E-state index >= 15 is 0 Å². The minimum atomic E-state index is -0.768. The van der Waals surface area contributed by atoms with E-state index < -0.39 is 29.5 Å². The number of carbonyl (C=O) groups excluding carboxylic acids is 4. The van der Waals surface area contributed by atoms with Gasteiger partial charge < -0.3 is 19.5 Å². The first-order valence-electron chi connectivity index (χ1n) is 15.1. The van der Waals surface area contributed by atoms with Crippen molar-refractivity contribution in [3.63, 3.8) is 0 Å². The Bertz CT molecular complexity index is 1740. The molecule has 1 saturated heterocycles. The van der Waals surface area contributed by atoms with Gasteiger partial charge in [-0.3, -0.25) is 14.5 Å². The molecule has 2 heterocycles. The van der Waals surface area contributed by atoms with Crippen molar-refractivity contribution >= 4 is 35.5 Å². The fourth-order valence-corrected chi connectivity index (χ4v) is 6.60. The van der Waals surface area contributed by atoms with Crippen LogP contribution in [0.5, 0.6) is 5.75 Å². The van der Waals surface area contributed by atoms with Crippen LogP contribution in [0.15, 0.2) is 121 Å². The van der Waals surface area contributed by atoms with E-state index in [0.717, 1.165) is 16.7 Å². The third kappa shape index (κ3) is 7.23. The van der Waals surface area contributed by atoms with E-state index in [1.807, 2.05) is 72.8 Å². The molecule has 4 aromatic rings. The molecule has 4 aromatic carbocycles. The van der Waals surface area contributed by atoms with Crippen molar-refractivity contribution in [1.29, 1.82) is 0 Å². The SMILES string of the molecule is COc1ccc(COC(=O)c2ccc(CC(=O)NC3C(=O)N4C(C(=O)OC(c5ccccc5)c5ccccc5)=CCSC34)cc2)cc1. The fraction of sp³-hybridized carbons (Fsp3) is 0.189. The van der Waals surface area contributed by atoms with Gasteiger partial charge in [-0.25, -0.2) is 9.59 Å². The van der Waals surface area contributed by atoms with Crippen molar-refractivity contribution in [3.05, 3.63) is 149 Å². The molecule has 2 amide bonds. The van der Waals surface area contributed by atoms with Crippen LogP contribution in [0.3, 0.4) is 0 Å². The van der Waals surface area contributed by atoms with Crippen molar-refractivity contribution < 1.29 is 33.4 Å². The third-order valence-corrected chi connectivity index (χ3v) is 9.07. The zero-order valence-corrected chi connectivity index (χ0v) is 26.4. The van der Waals surface area contributed by atoms with Crippen molar-refractivity contribution in [1.82, 2.24) is 10.2 Å². The second kappa shape index (κ2) is 14.4. The van der Waals surface area contributed by atoms with E-state index in [4.69, 9.17) is 14.2 Å². The van der Waals surface area contributed by atoms with Crippen molar-refractivity contribution in [2.24, 2.45) is 0 Å². The van der Waals surface area contributed by atoms with Crippen LogP contribution in [0.2, 0.25) is 0 Å². The maximum atomic E-state index is 13.5. The molecule has 1 fully saturated rings. The first-order chi connectivity index (χ1) is 22.9. The monoisotopic (exact) mass is 648 g/mol. The average Bonchev–Trinajstić information content (AvgIpc) is 3.12. The molecule has 6 rings (SSSR count). The van der Waals surface area contributed by atoms with Gasteiger partial charge in [-0.1, -0.05) is 84.9 Å². The molecule has 0 spiro atoms. The average molecular weight is 649 g/mol. The number of thioether (sulfide) groups is 1. The lowest BCUT2D eigenvalue weighted by atomic mass is 10.0. The first-order valence-corrected chi connectivity index (χ1v) is 16.1. The molecule has 0 aromatic heterocycles. The molecular weight excluding hydrogens is 616 g/mol. The van der Waals surface area contributed by atoms with Gasteiger partial charge in [-0.2, -0.15) is 0 Å². The van der Waals surface area contributed by atoms with Gasteiger partial charge in [0.05, 0.1) is 19.1 Å². The molecule has 10 heteroatoms. The number of rotatable bonds is 11. The molecular formula is C37H32N2O7S. The molecule has 0 bridgehead atoms. The Hall–Kier alpha value is -5.35. The Balaban J connectivity index is 1.03. The van der Waals surface area contributed by atoms with Crippen LogP contribution in [0.4, 0.5) is 0 Å². The van der Waals surface area contributed by atoms with Gasteiger partial charge in [-0.05, 0) is 52.6 Å². The predicted molar refractivity (Wildman–Crippen MR) is 176 cm³/mol. The van der Waals surface area contributed by atoms with Crippen LogP contribution in [0.1, 0.15) is 38.7 Å². The molecule has 0 saturated carbocycles. The fourth-order valence-electron chi connectivity index (χ4n) is 5.40. The van der Waals surface area contributed by atoms with Crippen LogP contribution in [-0.4, -0.2) is 52.9 Å². The Labute approximate surface area is 276 Å². The van der Waals surface area contributed by atoms with Crippen LogP contribution in [0.25, 0.3) is 0 Å². The summed E-state index contributed by atoms with van der Waals surface area (Å²) in [5.74, 6) is -0.589. The van der Waals surface area contributed by atoms with Crippen molar-refractivity contribution in [3.8, 4) is 5.75 Å². The molecule has 238 valence electrons. The summed E-state index contributed by atoms with van der Waals surface area (Å²) in [7, 11) is 1.58. The highest BCUT2D eigenvalue weighted by molar-refractivity contribution is 8.00. The van der Waals surface area contributed by atoms with Crippen molar-refractivity contribution in [2.75, 3.05) is 12.9 Å². The van der Waals surface area contributed by atoms with E-state index in [9.17, 15) is 19.2 Å². The Morgan fingerprint density at radius 1 is 0.830 bits per heavy atom. The molecule has 1 N–H and O–H groups in total. The zero-order chi connectivity index (χ0) is 32.8. The summed E-state index contributed by atoms with van der Waals surface area (Å²) in [6.45, 7) is 0.119. The molecule has 2 aliphatic rings. The Kier molecular flexibility index (Phi) is 9.68. The highest BCUT2D eigenvalue weighted by atomic mass is 32.2. The summed E-state index contributed by atoms with van der Waals surface area (Å²) in [6.07, 6.45) is 1.06. The summed E-state index contributed by atoms with van der Waals surface area (Å²) in [4.78, 5) is 53.5. The van der Waals surface area contributed by atoms with Gasteiger partial charge in [0.1, 0.15) is 29.5 Å². The lowest BCUT2D eigenvalue weighted by Gasteiger charge is -2.48. The van der Waals surface area contributed by atoms with Gasteiger partial charge in [0.25, 0.3) is 5.91 Å². The van der Waals surface area contributed by atoms with Gasteiger partial charge in [0.15, 0.2) is 6.10 Å². The van der Waals surface area contributed by atoms with E-state index in [1.165, 1.54) is 16.7 Å². The maximum Gasteiger partial charge on any atom is 0.355 e. The summed E-state index contributed by atoms with van der Waals surface area (Å²) >= 11 is 1.46. The van der Waals surface area contributed by atoms with Crippen LogP contribution in [0, 0.1) is 0 Å². The largest absolute Gasteiger partial charge is 0.497 e. The number of methoxy groups -OCH3 is 1. The molecule has 2 atom stereocenters. The lowest BCUT2D eigenvalue weighted by molar-refractivity contribution is -0.154. The number of benzene rings is 4. The number of hydrogen-bond acceptors (Lipinski definition) is 8. The van der Waals surface area contributed by atoms with Crippen molar-refractivity contribution in [2.45, 2.75) is 30.5 Å². The Morgan fingerprint density at radius 3 is 2.06 bits per heavy atom. The number of nitrogens with zero attached hydrogens (tertiary/aromatic N) is 1. The summed E-state index contributed by atoms with van der Waals surface area (Å²) < 4.78 is 16.5. The van der Waals surface area contributed by atoms with E-state index in [-0.39, 0.29) is 30.5 Å². The second-order valence-corrected chi connectivity index (χ2v) is 12.1. The molecule has 9 nitrogen and oxygen atoms in total. The predicted octanol–water partition coefficient (Wildman–Crippen LogP) is 5.21. The van der Waals surface area contributed by atoms with Crippen LogP contribution < -0.4 is 10.1 Å². The van der Waals surface area contributed by atoms with Gasteiger partial charge in [-0.15, -0.1) is 11.8 Å². The first kappa shape index (κ1) is 31.6. The number of esters is 2. The topological polar surface area (TPSA) is 111 Å². The maximum absolute atomic E-state index is 13.5. The zero-order valence-electron chi connectivity index (χ0n) is 25.5. The number of ether oxygens (including phenoxy) is 3. The summed E-state index contributed by atoms with van der Waals surface area (Å²) in [5.41, 5.74) is 3.66. The molecule has 47 heavy (non-hydrogen) atoms. The molecule has 0 radical (unpaired) electrons. The summed E-state index contributed by atoms with van der Waals surface area (Å²) in [5, 5.41) is 2.40. The second-order valence-electron chi connectivity index (χ2n) is 11.0. The Morgan fingerprint density at radius 2 is 1.45 bits per heavy atom. The number of hydrogen-bond donors (Lipinski definition) is 1. The standard InChI is InChI=1S/C37H32N2O7S/c1-44-29-18-14-25(15-19-29)23-45-36(42)28-16-12-24(13-17-28)22-31(40)38-32-34(41)39-30(20-21-47-35(32)39)37(43)46-33(26-8-4-2-5-9-26)27-10-6-3-7-11-27/h2-20,32-33,35H,21-23H2,1H3,(H,38,40). The quantitative estimate of drug-likeness (QED) is 0.174. The van der Waals surface area contributed by atoms with E-state index in [1.54, 1.807) is 49.6 Å². The molecule has 0 aliphatic carbocycles. The lowest BCUT2D eigenvalue weighted by Crippen LogP contribution is -2.70.